The van der Waals surface area contributed by atoms with Crippen LogP contribution in [0.3, 0.4) is 0 Å². The fraction of sp³-hybridized carbons (Fsp3) is 0.440. The zero-order valence-electron chi connectivity index (χ0n) is 17.8. The molecule has 160 valence electrons. The maximum absolute atomic E-state index is 13.0. The highest BCUT2D eigenvalue weighted by Gasteiger charge is 2.46. The number of likely N-dealkylation sites (N-methyl/N-ethyl adjacent to an activating group) is 1. The highest BCUT2D eigenvalue weighted by Crippen LogP contribution is 2.44. The Bertz CT molecular complexity index is 849. The summed E-state index contributed by atoms with van der Waals surface area (Å²) in [6.07, 6.45) is 5.06. The van der Waals surface area contributed by atoms with Gasteiger partial charge in [0.05, 0.1) is 0 Å². The van der Waals surface area contributed by atoms with Gasteiger partial charge in [0.25, 0.3) is 0 Å². The topological polar surface area (TPSA) is 75.6 Å². The molecule has 0 saturated carbocycles. The number of benzene rings is 2. The van der Waals surface area contributed by atoms with Gasteiger partial charge in [0, 0.05) is 5.92 Å². The fourth-order valence-electron chi connectivity index (χ4n) is 4.35. The quantitative estimate of drug-likeness (QED) is 0.318. The maximum Gasteiger partial charge on any atom is 0.338 e. The van der Waals surface area contributed by atoms with Gasteiger partial charge in [-0.05, 0) is 35.7 Å². The Morgan fingerprint density at radius 1 is 0.967 bits per heavy atom. The number of hydrogen-bond acceptors (Lipinski definition) is 4. The Morgan fingerprint density at radius 2 is 1.53 bits per heavy atom. The standard InChI is InChI=1S/C25H31NO4/c1-3-4-5-6-11-16-25(26-2,23(27)28)24(29)30-17-22-20-14-9-7-12-18(20)19-13-8-10-15-21(19)22/h7-10,12-15,22,26H,3-6,11,16-17H2,1-2H3,(H,27,28)/t25-/m0/s1. The first-order valence-corrected chi connectivity index (χ1v) is 10.8. The molecule has 0 aromatic heterocycles. The number of fused-ring (bicyclic) bond motifs is 3. The molecule has 0 bridgehead atoms. The van der Waals surface area contributed by atoms with E-state index in [1.807, 2.05) is 36.4 Å². The molecule has 1 atom stereocenters. The van der Waals surface area contributed by atoms with Gasteiger partial charge < -0.3 is 9.84 Å². The van der Waals surface area contributed by atoms with E-state index in [0.29, 0.717) is 6.42 Å². The van der Waals surface area contributed by atoms with Crippen molar-refractivity contribution in [2.24, 2.45) is 0 Å². The molecular formula is C25H31NO4. The molecule has 0 unspecified atom stereocenters. The Balaban J connectivity index is 1.73. The second kappa shape index (κ2) is 9.90. The van der Waals surface area contributed by atoms with Crippen molar-refractivity contribution >= 4 is 11.9 Å². The summed E-state index contributed by atoms with van der Waals surface area (Å²) in [6, 6.07) is 16.2. The minimum Gasteiger partial charge on any atom is -0.479 e. The summed E-state index contributed by atoms with van der Waals surface area (Å²) in [6.45, 7) is 2.26. The van der Waals surface area contributed by atoms with Gasteiger partial charge in [0.1, 0.15) is 6.61 Å². The van der Waals surface area contributed by atoms with Gasteiger partial charge in [0.2, 0.25) is 5.54 Å². The summed E-state index contributed by atoms with van der Waals surface area (Å²) in [5, 5.41) is 12.6. The second-order valence-electron chi connectivity index (χ2n) is 7.95. The molecule has 1 aliphatic rings. The van der Waals surface area contributed by atoms with Crippen LogP contribution in [0, 0.1) is 0 Å². The monoisotopic (exact) mass is 409 g/mol. The van der Waals surface area contributed by atoms with Crippen LogP contribution in [-0.2, 0) is 14.3 Å². The molecule has 2 aromatic carbocycles. The number of nitrogens with one attached hydrogen (secondary N) is 1. The zero-order chi connectivity index (χ0) is 21.6. The van der Waals surface area contributed by atoms with Gasteiger partial charge in [-0.1, -0.05) is 87.6 Å². The van der Waals surface area contributed by atoms with Gasteiger partial charge in [-0.15, -0.1) is 0 Å². The first kappa shape index (κ1) is 22.0. The molecule has 2 aromatic rings. The third-order valence-electron chi connectivity index (χ3n) is 6.14. The van der Waals surface area contributed by atoms with Crippen molar-refractivity contribution < 1.29 is 19.4 Å². The van der Waals surface area contributed by atoms with Gasteiger partial charge >= 0.3 is 11.9 Å². The molecule has 0 fully saturated rings. The van der Waals surface area contributed by atoms with Gasteiger partial charge in [0.15, 0.2) is 0 Å². The number of ether oxygens (including phenoxy) is 1. The lowest BCUT2D eigenvalue weighted by atomic mass is 9.91. The molecule has 0 heterocycles. The molecule has 1 aliphatic carbocycles. The third kappa shape index (κ3) is 4.26. The number of carbonyl (C=O) groups excluding carboxylic acids is 1. The molecule has 0 aliphatic heterocycles. The minimum absolute atomic E-state index is 0.0887. The second-order valence-corrected chi connectivity index (χ2v) is 7.95. The van der Waals surface area contributed by atoms with E-state index in [4.69, 9.17) is 4.74 Å². The van der Waals surface area contributed by atoms with E-state index in [-0.39, 0.29) is 18.9 Å². The van der Waals surface area contributed by atoms with Gasteiger partial charge in [-0.2, -0.15) is 0 Å². The predicted octanol–water partition coefficient (Wildman–Crippen LogP) is 4.75. The maximum atomic E-state index is 13.0. The molecule has 0 radical (unpaired) electrons. The van der Waals surface area contributed by atoms with Crippen molar-refractivity contribution in [1.82, 2.24) is 5.32 Å². The van der Waals surface area contributed by atoms with Crippen LogP contribution in [0.25, 0.3) is 11.1 Å². The van der Waals surface area contributed by atoms with Crippen LogP contribution in [0.1, 0.15) is 62.5 Å². The lowest BCUT2D eigenvalue weighted by Crippen LogP contribution is -2.57. The Hall–Kier alpha value is -2.66. The first-order valence-electron chi connectivity index (χ1n) is 10.8. The third-order valence-corrected chi connectivity index (χ3v) is 6.14. The summed E-state index contributed by atoms with van der Waals surface area (Å²) in [5.74, 6) is -1.98. The van der Waals surface area contributed by atoms with Crippen LogP contribution in [0.5, 0.6) is 0 Å². The molecule has 5 nitrogen and oxygen atoms in total. The summed E-state index contributed by atoms with van der Waals surface area (Å²) >= 11 is 0. The number of carboxylic acid groups (broad SMARTS) is 1. The lowest BCUT2D eigenvalue weighted by Gasteiger charge is -2.27. The van der Waals surface area contributed by atoms with Crippen molar-refractivity contribution in [2.45, 2.75) is 56.9 Å². The summed E-state index contributed by atoms with van der Waals surface area (Å²) in [4.78, 5) is 25.0. The Morgan fingerprint density at radius 3 is 2.07 bits per heavy atom. The fourth-order valence-corrected chi connectivity index (χ4v) is 4.35. The SMILES string of the molecule is CCCCCCC[C@](NC)(C(=O)O)C(=O)OCC1c2ccccc2-c2ccccc21. The largest absolute Gasteiger partial charge is 0.479 e. The van der Waals surface area contributed by atoms with E-state index in [9.17, 15) is 14.7 Å². The number of carbonyl (C=O) groups is 2. The zero-order valence-corrected chi connectivity index (χ0v) is 17.8. The van der Waals surface area contributed by atoms with E-state index in [1.165, 1.54) is 7.05 Å². The van der Waals surface area contributed by atoms with E-state index in [2.05, 4.69) is 24.4 Å². The number of rotatable bonds is 11. The number of unbranched alkanes of at least 4 members (excludes halogenated alkanes) is 4. The molecule has 3 rings (SSSR count). The normalized spacial score (nSPS) is 14.6. The molecule has 30 heavy (non-hydrogen) atoms. The molecule has 5 heteroatoms. The molecule has 0 amide bonds. The number of carboxylic acids is 1. The Labute approximate surface area is 178 Å². The van der Waals surface area contributed by atoms with Gasteiger partial charge in [-0.3, -0.25) is 5.32 Å². The molecule has 0 spiro atoms. The number of hydrogen-bond donors (Lipinski definition) is 2. The predicted molar refractivity (Wildman–Crippen MR) is 117 cm³/mol. The van der Waals surface area contributed by atoms with Crippen LogP contribution in [0.15, 0.2) is 48.5 Å². The van der Waals surface area contributed by atoms with Crippen molar-refractivity contribution in [1.29, 1.82) is 0 Å². The smallest absolute Gasteiger partial charge is 0.338 e. The van der Waals surface area contributed by atoms with Crippen LogP contribution < -0.4 is 5.32 Å². The average molecular weight is 410 g/mol. The lowest BCUT2D eigenvalue weighted by molar-refractivity contribution is -0.163. The van der Waals surface area contributed by atoms with E-state index in [0.717, 1.165) is 47.9 Å². The van der Waals surface area contributed by atoms with Crippen LogP contribution in [-0.4, -0.2) is 36.2 Å². The van der Waals surface area contributed by atoms with Crippen molar-refractivity contribution in [3.05, 3.63) is 59.7 Å². The Kier molecular flexibility index (Phi) is 7.27. The summed E-state index contributed by atoms with van der Waals surface area (Å²) < 4.78 is 5.65. The molecule has 2 N–H and O–H groups in total. The van der Waals surface area contributed by atoms with Gasteiger partial charge in [-0.25, -0.2) is 9.59 Å². The minimum atomic E-state index is -1.70. The summed E-state index contributed by atoms with van der Waals surface area (Å²) in [5.41, 5.74) is 2.79. The van der Waals surface area contributed by atoms with Crippen molar-refractivity contribution in [3.8, 4) is 11.1 Å². The van der Waals surface area contributed by atoms with Crippen molar-refractivity contribution in [3.63, 3.8) is 0 Å². The van der Waals surface area contributed by atoms with Crippen LogP contribution in [0.2, 0.25) is 0 Å². The van der Waals surface area contributed by atoms with E-state index < -0.39 is 17.5 Å². The number of esters is 1. The van der Waals surface area contributed by atoms with Crippen molar-refractivity contribution in [2.75, 3.05) is 13.7 Å². The van der Waals surface area contributed by atoms with E-state index in [1.54, 1.807) is 0 Å². The van der Waals surface area contributed by atoms with Crippen LogP contribution >= 0.6 is 0 Å². The highest BCUT2D eigenvalue weighted by molar-refractivity contribution is 6.04. The molecule has 0 saturated heterocycles. The molecular weight excluding hydrogens is 378 g/mol. The average Bonchev–Trinajstić information content (AvgIpc) is 3.08. The van der Waals surface area contributed by atoms with Crippen LogP contribution in [0.4, 0.5) is 0 Å². The number of aliphatic carboxylic acids is 1. The first-order chi connectivity index (χ1) is 14.5. The van der Waals surface area contributed by atoms with E-state index >= 15 is 0 Å². The highest BCUT2D eigenvalue weighted by atomic mass is 16.5. The summed E-state index contributed by atoms with van der Waals surface area (Å²) in [7, 11) is 1.52.